The van der Waals surface area contributed by atoms with Crippen molar-refractivity contribution in [3.63, 3.8) is 0 Å². The third-order valence-corrected chi connectivity index (χ3v) is 2.72. The summed E-state index contributed by atoms with van der Waals surface area (Å²) in [6.45, 7) is 2.02. The first-order chi connectivity index (χ1) is 6.38. The molecule has 1 aromatic rings. The van der Waals surface area contributed by atoms with Gasteiger partial charge in [-0.1, -0.05) is 64.6 Å². The Hall–Kier alpha value is 0.380. The lowest BCUT2D eigenvalue weighted by Gasteiger charge is -2.15. The second-order valence-corrected chi connectivity index (χ2v) is 6.24. The molecule has 0 radical (unpaired) electrons. The fraction of sp³-hybridized carbons (Fsp3) is 0.400. The molecule has 0 aliphatic carbocycles. The highest BCUT2D eigenvalue weighted by Crippen LogP contribution is 2.39. The number of alkyl halides is 4. The molecule has 0 bridgehead atoms. The first-order valence-corrected chi connectivity index (χ1v) is 5.73. The SMILES string of the molecule is Cc1ccc([C@@H](Cl)CC(Cl)(Cl)Cl)cc1. The first-order valence-electron chi connectivity index (χ1n) is 4.16. The fourth-order valence-electron chi connectivity index (χ4n) is 1.10. The zero-order valence-corrected chi connectivity index (χ0v) is 10.6. The van der Waals surface area contributed by atoms with Crippen LogP contribution in [0.5, 0.6) is 0 Å². The molecule has 1 rings (SSSR count). The van der Waals surface area contributed by atoms with Crippen LogP contribution in [0.25, 0.3) is 0 Å². The maximum atomic E-state index is 6.09. The second-order valence-electron chi connectivity index (χ2n) is 3.20. The van der Waals surface area contributed by atoms with E-state index in [-0.39, 0.29) is 5.38 Å². The Morgan fingerprint density at radius 3 is 2.07 bits per heavy atom. The lowest BCUT2D eigenvalue weighted by molar-refractivity contribution is 0.820. The lowest BCUT2D eigenvalue weighted by atomic mass is 10.1. The van der Waals surface area contributed by atoms with Crippen molar-refractivity contribution in [1.82, 2.24) is 0 Å². The molecule has 0 aromatic heterocycles. The molecule has 14 heavy (non-hydrogen) atoms. The third-order valence-electron chi connectivity index (χ3n) is 1.85. The molecule has 0 unspecified atom stereocenters. The van der Waals surface area contributed by atoms with Crippen molar-refractivity contribution < 1.29 is 0 Å². The number of rotatable bonds is 2. The average Bonchev–Trinajstić information content (AvgIpc) is 2.02. The van der Waals surface area contributed by atoms with Crippen molar-refractivity contribution in [1.29, 1.82) is 0 Å². The van der Waals surface area contributed by atoms with E-state index in [2.05, 4.69) is 0 Å². The van der Waals surface area contributed by atoms with E-state index in [0.717, 1.165) is 5.56 Å². The quantitative estimate of drug-likeness (QED) is 0.662. The minimum absolute atomic E-state index is 0.261. The Balaban J connectivity index is 2.70. The molecule has 0 aliphatic heterocycles. The summed E-state index contributed by atoms with van der Waals surface area (Å²) in [6.07, 6.45) is 0.308. The fourth-order valence-corrected chi connectivity index (χ4v) is 2.17. The predicted octanol–water partition coefficient (Wildman–Crippen LogP) is 5.04. The Labute approximate surface area is 104 Å². The van der Waals surface area contributed by atoms with Gasteiger partial charge in [0.1, 0.15) is 0 Å². The second kappa shape index (κ2) is 4.94. The summed E-state index contributed by atoms with van der Waals surface area (Å²) in [7, 11) is 0. The van der Waals surface area contributed by atoms with Crippen LogP contribution in [0.15, 0.2) is 24.3 Å². The zero-order valence-electron chi connectivity index (χ0n) is 7.61. The van der Waals surface area contributed by atoms with E-state index in [9.17, 15) is 0 Å². The minimum Gasteiger partial charge on any atom is -0.118 e. The number of hydrogen-bond acceptors (Lipinski definition) is 0. The molecule has 0 fully saturated rings. The van der Waals surface area contributed by atoms with E-state index in [1.807, 2.05) is 31.2 Å². The first kappa shape index (κ1) is 12.4. The maximum Gasteiger partial charge on any atom is 0.192 e. The smallest absolute Gasteiger partial charge is 0.118 e. The highest BCUT2D eigenvalue weighted by molar-refractivity contribution is 6.67. The highest BCUT2D eigenvalue weighted by atomic mass is 35.6. The van der Waals surface area contributed by atoms with Crippen molar-refractivity contribution in [3.8, 4) is 0 Å². The van der Waals surface area contributed by atoms with Crippen molar-refractivity contribution in [3.05, 3.63) is 35.4 Å². The molecule has 0 saturated heterocycles. The van der Waals surface area contributed by atoms with Crippen molar-refractivity contribution in [2.24, 2.45) is 0 Å². The van der Waals surface area contributed by atoms with Gasteiger partial charge in [0.25, 0.3) is 0 Å². The van der Waals surface area contributed by atoms with Gasteiger partial charge >= 0.3 is 0 Å². The molecule has 4 heteroatoms. The van der Waals surface area contributed by atoms with Gasteiger partial charge in [-0.2, -0.15) is 0 Å². The number of halogens is 4. The topological polar surface area (TPSA) is 0 Å². The van der Waals surface area contributed by atoms with Gasteiger partial charge in [-0.25, -0.2) is 0 Å². The highest BCUT2D eigenvalue weighted by Gasteiger charge is 2.24. The van der Waals surface area contributed by atoms with E-state index < -0.39 is 3.79 Å². The Kier molecular flexibility index (Phi) is 4.39. The summed E-state index contributed by atoms with van der Waals surface area (Å²) in [5.41, 5.74) is 2.16. The van der Waals surface area contributed by atoms with Crippen molar-refractivity contribution in [2.45, 2.75) is 22.5 Å². The minimum atomic E-state index is -1.29. The predicted molar refractivity (Wildman–Crippen MR) is 64.7 cm³/mol. The average molecular weight is 272 g/mol. The summed E-state index contributed by atoms with van der Waals surface area (Å²) >= 11 is 23.1. The summed E-state index contributed by atoms with van der Waals surface area (Å²) in [5, 5.41) is -0.261. The molecular formula is C10H10Cl4. The van der Waals surface area contributed by atoms with Crippen molar-refractivity contribution >= 4 is 46.4 Å². The zero-order chi connectivity index (χ0) is 10.8. The van der Waals surface area contributed by atoms with Crippen LogP contribution in [0.3, 0.4) is 0 Å². The van der Waals surface area contributed by atoms with Gasteiger partial charge in [0.05, 0.1) is 5.38 Å². The van der Waals surface area contributed by atoms with Crippen molar-refractivity contribution in [2.75, 3.05) is 0 Å². The van der Waals surface area contributed by atoms with Gasteiger partial charge in [-0.3, -0.25) is 0 Å². The van der Waals surface area contributed by atoms with Gasteiger partial charge < -0.3 is 0 Å². The monoisotopic (exact) mass is 270 g/mol. The number of aryl methyl sites for hydroxylation is 1. The molecule has 1 atom stereocenters. The van der Waals surface area contributed by atoms with Crippen LogP contribution in [0.1, 0.15) is 22.9 Å². The summed E-state index contributed by atoms with van der Waals surface area (Å²) in [4.78, 5) is 0. The number of hydrogen-bond donors (Lipinski definition) is 0. The molecule has 0 spiro atoms. The van der Waals surface area contributed by atoms with Gasteiger partial charge in [0, 0.05) is 6.42 Å². The van der Waals surface area contributed by atoms with Crippen LogP contribution in [0.2, 0.25) is 0 Å². The van der Waals surface area contributed by atoms with Gasteiger partial charge in [0.15, 0.2) is 3.79 Å². The van der Waals surface area contributed by atoms with E-state index in [1.54, 1.807) is 0 Å². The molecule has 0 amide bonds. The largest absolute Gasteiger partial charge is 0.192 e. The Morgan fingerprint density at radius 2 is 1.64 bits per heavy atom. The van der Waals surface area contributed by atoms with Crippen LogP contribution in [-0.2, 0) is 0 Å². The normalized spacial score (nSPS) is 14.1. The molecule has 0 aliphatic rings. The molecule has 0 nitrogen and oxygen atoms in total. The molecule has 0 N–H and O–H groups in total. The van der Waals surface area contributed by atoms with Crippen LogP contribution in [0, 0.1) is 6.92 Å². The Bertz CT molecular complexity index is 286. The summed E-state index contributed by atoms with van der Waals surface area (Å²) < 4.78 is -1.29. The summed E-state index contributed by atoms with van der Waals surface area (Å²) in [5.74, 6) is 0. The van der Waals surface area contributed by atoms with Gasteiger partial charge in [0.2, 0.25) is 0 Å². The van der Waals surface area contributed by atoms with Gasteiger partial charge in [-0.15, -0.1) is 11.6 Å². The number of benzene rings is 1. The van der Waals surface area contributed by atoms with E-state index in [1.165, 1.54) is 5.56 Å². The Morgan fingerprint density at radius 1 is 1.14 bits per heavy atom. The summed E-state index contributed by atoms with van der Waals surface area (Å²) in [6, 6.07) is 7.87. The van der Waals surface area contributed by atoms with Gasteiger partial charge in [-0.05, 0) is 12.5 Å². The standard InChI is InChI=1S/C10H10Cl4/c1-7-2-4-8(5-3-7)9(11)6-10(12,13)14/h2-5,9H,6H2,1H3/t9-/m0/s1. The molecule has 78 valence electrons. The molecule has 0 saturated carbocycles. The van der Waals surface area contributed by atoms with Crippen LogP contribution in [0.4, 0.5) is 0 Å². The third kappa shape index (κ3) is 4.27. The van der Waals surface area contributed by atoms with E-state index >= 15 is 0 Å². The maximum absolute atomic E-state index is 6.09. The van der Waals surface area contributed by atoms with Crippen LogP contribution in [-0.4, -0.2) is 3.79 Å². The molecule has 0 heterocycles. The van der Waals surface area contributed by atoms with E-state index in [0.29, 0.717) is 6.42 Å². The molecular weight excluding hydrogens is 262 g/mol. The van der Waals surface area contributed by atoms with E-state index in [4.69, 9.17) is 46.4 Å². The van der Waals surface area contributed by atoms with Crippen LogP contribution >= 0.6 is 46.4 Å². The lowest BCUT2D eigenvalue weighted by Crippen LogP contribution is -2.06. The molecule has 1 aromatic carbocycles. The van der Waals surface area contributed by atoms with Crippen LogP contribution < -0.4 is 0 Å².